The molecule has 0 radical (unpaired) electrons. The molecule has 0 bridgehead atoms. The Morgan fingerprint density at radius 1 is 1.61 bits per heavy atom. The van der Waals surface area contributed by atoms with Gasteiger partial charge < -0.3 is 25.8 Å². The highest BCUT2D eigenvalue weighted by molar-refractivity contribution is 5.97. The Morgan fingerprint density at radius 2 is 2.39 bits per heavy atom. The van der Waals surface area contributed by atoms with Gasteiger partial charge in [0.05, 0.1) is 23.7 Å². The van der Waals surface area contributed by atoms with Gasteiger partial charge >= 0.3 is 0 Å². The van der Waals surface area contributed by atoms with Gasteiger partial charge in [-0.2, -0.15) is 0 Å². The zero-order valence-electron chi connectivity index (χ0n) is 10.4. The third-order valence-electron chi connectivity index (χ3n) is 2.60. The van der Waals surface area contributed by atoms with E-state index in [1.807, 2.05) is 6.92 Å². The molecule has 0 aromatic heterocycles. The first-order chi connectivity index (χ1) is 8.60. The van der Waals surface area contributed by atoms with Gasteiger partial charge in [0.1, 0.15) is 5.75 Å². The molecule has 1 amide bonds. The molecule has 0 aliphatic carbocycles. The topological polar surface area (TPSA) is 85.6 Å². The van der Waals surface area contributed by atoms with E-state index in [0.717, 1.165) is 5.69 Å². The maximum atomic E-state index is 11.2. The molecule has 6 nitrogen and oxygen atoms in total. The van der Waals surface area contributed by atoms with E-state index in [1.54, 1.807) is 19.2 Å². The minimum absolute atomic E-state index is 0.0271. The van der Waals surface area contributed by atoms with Crippen molar-refractivity contribution >= 4 is 23.0 Å². The zero-order valence-corrected chi connectivity index (χ0v) is 10.4. The van der Waals surface area contributed by atoms with E-state index in [2.05, 4.69) is 10.6 Å². The highest BCUT2D eigenvalue weighted by Gasteiger charge is 2.18. The number of nitrogen functional groups attached to an aromatic ring is 1. The third-order valence-corrected chi connectivity index (χ3v) is 2.60. The van der Waals surface area contributed by atoms with Gasteiger partial charge in [-0.1, -0.05) is 0 Å². The number of methoxy groups -OCH3 is 1. The minimum atomic E-state index is -0.164. The molecule has 1 aromatic rings. The normalized spacial score (nSPS) is 15.3. The number of carbonyl (C=O) groups is 1. The SMILES string of the molecule is COCC(C)Nc1cc2c(cc1N)OCC(=O)N2. The number of benzene rings is 1. The molecular weight excluding hydrogens is 234 g/mol. The van der Waals surface area contributed by atoms with Crippen molar-refractivity contribution in [2.45, 2.75) is 13.0 Å². The van der Waals surface area contributed by atoms with Gasteiger partial charge in [-0.25, -0.2) is 0 Å². The average Bonchev–Trinajstić information content (AvgIpc) is 2.31. The maximum absolute atomic E-state index is 11.2. The lowest BCUT2D eigenvalue weighted by atomic mass is 10.2. The molecule has 0 fully saturated rings. The van der Waals surface area contributed by atoms with Gasteiger partial charge in [0.2, 0.25) is 0 Å². The van der Waals surface area contributed by atoms with E-state index in [0.29, 0.717) is 23.7 Å². The average molecular weight is 251 g/mol. The molecular formula is C12H17N3O3. The largest absolute Gasteiger partial charge is 0.482 e. The van der Waals surface area contributed by atoms with E-state index in [-0.39, 0.29) is 18.6 Å². The van der Waals surface area contributed by atoms with Crippen molar-refractivity contribution in [2.24, 2.45) is 0 Å². The van der Waals surface area contributed by atoms with Crippen molar-refractivity contribution in [1.29, 1.82) is 0 Å². The quantitative estimate of drug-likeness (QED) is 0.696. The molecule has 1 unspecified atom stereocenters. The number of ether oxygens (including phenoxy) is 2. The molecule has 1 heterocycles. The van der Waals surface area contributed by atoms with Crippen LogP contribution in [0.15, 0.2) is 12.1 Å². The predicted molar refractivity (Wildman–Crippen MR) is 69.9 cm³/mol. The van der Waals surface area contributed by atoms with Crippen LogP contribution < -0.4 is 21.1 Å². The van der Waals surface area contributed by atoms with Crippen LogP contribution in [0.2, 0.25) is 0 Å². The Labute approximate surface area is 105 Å². The number of hydrogen-bond donors (Lipinski definition) is 3. The lowest BCUT2D eigenvalue weighted by molar-refractivity contribution is -0.118. The molecule has 0 saturated carbocycles. The van der Waals surface area contributed by atoms with Crippen LogP contribution in [-0.2, 0) is 9.53 Å². The van der Waals surface area contributed by atoms with Crippen LogP contribution in [0.25, 0.3) is 0 Å². The van der Waals surface area contributed by atoms with E-state index < -0.39 is 0 Å². The maximum Gasteiger partial charge on any atom is 0.262 e. The molecule has 6 heteroatoms. The molecule has 2 rings (SSSR count). The van der Waals surface area contributed by atoms with Crippen molar-refractivity contribution < 1.29 is 14.3 Å². The van der Waals surface area contributed by atoms with Gasteiger partial charge in [-0.15, -0.1) is 0 Å². The number of fused-ring (bicyclic) bond motifs is 1. The van der Waals surface area contributed by atoms with Crippen LogP contribution in [0.3, 0.4) is 0 Å². The van der Waals surface area contributed by atoms with Crippen molar-refractivity contribution in [3.05, 3.63) is 12.1 Å². The Hall–Kier alpha value is -1.95. The number of rotatable bonds is 4. The number of amides is 1. The van der Waals surface area contributed by atoms with Crippen LogP contribution in [0, 0.1) is 0 Å². The molecule has 1 atom stereocenters. The highest BCUT2D eigenvalue weighted by atomic mass is 16.5. The number of hydrogen-bond acceptors (Lipinski definition) is 5. The summed E-state index contributed by atoms with van der Waals surface area (Å²) in [6.45, 7) is 2.58. The van der Waals surface area contributed by atoms with Gasteiger partial charge in [-0.3, -0.25) is 4.79 Å². The second-order valence-corrected chi connectivity index (χ2v) is 4.27. The molecule has 1 aromatic carbocycles. The molecule has 18 heavy (non-hydrogen) atoms. The fourth-order valence-electron chi connectivity index (χ4n) is 1.82. The van der Waals surface area contributed by atoms with Crippen LogP contribution in [0.1, 0.15) is 6.92 Å². The summed E-state index contributed by atoms with van der Waals surface area (Å²) in [5, 5.41) is 5.96. The zero-order chi connectivity index (χ0) is 13.1. The first-order valence-electron chi connectivity index (χ1n) is 5.72. The Balaban J connectivity index is 2.21. The van der Waals surface area contributed by atoms with Gasteiger partial charge in [0, 0.05) is 19.2 Å². The van der Waals surface area contributed by atoms with E-state index in [9.17, 15) is 4.79 Å². The van der Waals surface area contributed by atoms with Gasteiger partial charge in [0.25, 0.3) is 5.91 Å². The summed E-state index contributed by atoms with van der Waals surface area (Å²) in [5.74, 6) is 0.431. The summed E-state index contributed by atoms with van der Waals surface area (Å²) in [7, 11) is 1.64. The lowest BCUT2D eigenvalue weighted by Gasteiger charge is -2.22. The second-order valence-electron chi connectivity index (χ2n) is 4.27. The molecule has 1 aliphatic heterocycles. The summed E-state index contributed by atoms with van der Waals surface area (Å²) >= 11 is 0. The Morgan fingerprint density at radius 3 is 3.11 bits per heavy atom. The van der Waals surface area contributed by atoms with Crippen LogP contribution in [0.5, 0.6) is 5.75 Å². The van der Waals surface area contributed by atoms with Crippen molar-refractivity contribution in [3.63, 3.8) is 0 Å². The smallest absolute Gasteiger partial charge is 0.262 e. The van der Waals surface area contributed by atoms with Gasteiger partial charge in [-0.05, 0) is 13.0 Å². The van der Waals surface area contributed by atoms with E-state index in [4.69, 9.17) is 15.2 Å². The van der Waals surface area contributed by atoms with Crippen molar-refractivity contribution in [1.82, 2.24) is 0 Å². The summed E-state index contributed by atoms with van der Waals surface area (Å²) in [5.41, 5.74) is 7.89. The van der Waals surface area contributed by atoms with E-state index >= 15 is 0 Å². The number of carbonyl (C=O) groups excluding carboxylic acids is 1. The van der Waals surface area contributed by atoms with Crippen molar-refractivity contribution in [3.8, 4) is 5.75 Å². The number of nitrogens with two attached hydrogens (primary N) is 1. The van der Waals surface area contributed by atoms with Crippen LogP contribution in [-0.4, -0.2) is 32.3 Å². The second kappa shape index (κ2) is 5.14. The Kier molecular flexibility index (Phi) is 3.57. The fourth-order valence-corrected chi connectivity index (χ4v) is 1.82. The van der Waals surface area contributed by atoms with Crippen LogP contribution in [0.4, 0.5) is 17.1 Å². The predicted octanol–water partition coefficient (Wildman–Crippen LogP) is 1.05. The van der Waals surface area contributed by atoms with E-state index in [1.165, 1.54) is 0 Å². The summed E-state index contributed by atoms with van der Waals surface area (Å²) in [6, 6.07) is 3.60. The first-order valence-corrected chi connectivity index (χ1v) is 5.72. The Bertz CT molecular complexity index is 462. The fraction of sp³-hybridized carbons (Fsp3) is 0.417. The van der Waals surface area contributed by atoms with Crippen molar-refractivity contribution in [2.75, 3.05) is 36.7 Å². The number of nitrogens with one attached hydrogen (secondary N) is 2. The first kappa shape index (κ1) is 12.5. The highest BCUT2D eigenvalue weighted by Crippen LogP contribution is 2.35. The molecule has 0 spiro atoms. The minimum Gasteiger partial charge on any atom is -0.482 e. The summed E-state index contributed by atoms with van der Waals surface area (Å²) in [4.78, 5) is 11.2. The lowest BCUT2D eigenvalue weighted by Crippen LogP contribution is -2.26. The van der Waals surface area contributed by atoms with Crippen LogP contribution >= 0.6 is 0 Å². The third kappa shape index (κ3) is 2.65. The monoisotopic (exact) mass is 251 g/mol. The number of anilines is 3. The summed E-state index contributed by atoms with van der Waals surface area (Å²) in [6.07, 6.45) is 0. The molecule has 0 saturated heterocycles. The molecule has 1 aliphatic rings. The standard InChI is InChI=1S/C12H17N3O3/c1-7(5-17-2)14-9-4-10-11(3-8(9)13)18-6-12(16)15-10/h3-4,7,14H,5-6,13H2,1-2H3,(H,15,16). The molecule has 98 valence electrons. The van der Waals surface area contributed by atoms with Gasteiger partial charge in [0.15, 0.2) is 6.61 Å². The molecule has 4 N–H and O–H groups in total. The summed E-state index contributed by atoms with van der Waals surface area (Å²) < 4.78 is 10.3.